The van der Waals surface area contributed by atoms with Crippen molar-refractivity contribution in [3.63, 3.8) is 0 Å². The highest BCUT2D eigenvalue weighted by molar-refractivity contribution is 7.81. The number of amides is 4. The Morgan fingerprint density at radius 1 is 0.750 bits per heavy atom. The van der Waals surface area contributed by atoms with Gasteiger partial charge in [0, 0.05) is 6.54 Å². The maximum atomic E-state index is 12.3. The van der Waals surface area contributed by atoms with E-state index in [4.69, 9.17) is 24.7 Å². The number of carboxylic acids is 1. The van der Waals surface area contributed by atoms with Crippen LogP contribution in [0.15, 0.2) is 0 Å². The Morgan fingerprint density at radius 3 is 1.86 bits per heavy atom. The fraction of sp³-hybridized carbons (Fsp3) is 0.706. The van der Waals surface area contributed by atoms with Crippen LogP contribution in [0.4, 0.5) is 0 Å². The van der Waals surface area contributed by atoms with Crippen molar-refractivity contribution in [1.82, 2.24) is 21.3 Å². The molecule has 36 heavy (non-hydrogen) atoms. The van der Waals surface area contributed by atoms with Crippen molar-refractivity contribution in [2.75, 3.05) is 25.4 Å². The Balaban J connectivity index is 4.43. The zero-order valence-corrected chi connectivity index (χ0v) is 21.8. The second kappa shape index (κ2) is 16.7. The molecule has 0 aromatic heterocycles. The van der Waals surface area contributed by atoms with Crippen LogP contribution in [-0.4, -0.2) is 91.1 Å². The molecule has 0 aromatic rings. The van der Waals surface area contributed by atoms with Gasteiger partial charge in [-0.05, 0) is 12.8 Å². The number of hydrogen-bond donors (Lipinski definition) is 10. The van der Waals surface area contributed by atoms with E-state index in [-0.39, 0.29) is 18.7 Å². The van der Waals surface area contributed by atoms with E-state index in [9.17, 15) is 33.1 Å². The molecule has 0 saturated carbocycles. The lowest BCUT2D eigenvalue weighted by atomic mass is 10.1. The molecule has 1 atom stereocenters. The minimum atomic E-state index is -5.19. The summed E-state index contributed by atoms with van der Waals surface area (Å²) in [5.41, 5.74) is 0. The molecule has 0 aliphatic heterocycles. The Morgan fingerprint density at radius 2 is 1.33 bits per heavy atom. The fourth-order valence-corrected chi connectivity index (χ4v) is 5.23. The normalized spacial score (nSPS) is 12.5. The third-order valence-electron chi connectivity index (χ3n) is 4.54. The number of hydrogen-bond acceptors (Lipinski definition) is 8. The van der Waals surface area contributed by atoms with E-state index in [1.807, 2.05) is 0 Å². The highest BCUT2D eigenvalue weighted by atomic mass is 32.1. The van der Waals surface area contributed by atoms with E-state index < -0.39 is 75.7 Å². The monoisotopic (exact) mass is 578 g/mol. The molecule has 0 bridgehead atoms. The van der Waals surface area contributed by atoms with Gasteiger partial charge in [0.25, 0.3) is 0 Å². The molecule has 1 unspecified atom stereocenters. The standard InChI is InChI=1S/C17H32N4O12P2S/c22-12(7-16(34(28,29)30)35(31,32)33)18-6-4-2-1-3-5-11(21-14(24)10-36)17(27)20-8-13(23)19-9-15(25)26/h11,16,36H,1-10H2,(H,18,22)(H,19,23)(H,20,27)(H,21,24)(H,25,26)(H2,28,29,30)(H2,31,32,33). The van der Waals surface area contributed by atoms with E-state index in [1.165, 1.54) is 0 Å². The highest BCUT2D eigenvalue weighted by Gasteiger charge is 2.44. The number of carbonyl (C=O) groups excluding carboxylic acids is 4. The van der Waals surface area contributed by atoms with Crippen LogP contribution in [0.25, 0.3) is 0 Å². The molecule has 0 aliphatic carbocycles. The van der Waals surface area contributed by atoms with Gasteiger partial charge in [0.15, 0.2) is 5.40 Å². The lowest BCUT2D eigenvalue weighted by Crippen LogP contribution is -2.49. The van der Waals surface area contributed by atoms with Crippen LogP contribution >= 0.6 is 27.8 Å². The molecule has 9 N–H and O–H groups in total. The van der Waals surface area contributed by atoms with Crippen molar-refractivity contribution in [2.24, 2.45) is 0 Å². The van der Waals surface area contributed by atoms with E-state index in [0.717, 1.165) is 0 Å². The first kappa shape index (κ1) is 34.0. The Hall–Kier alpha value is -2.00. The van der Waals surface area contributed by atoms with E-state index >= 15 is 0 Å². The largest absolute Gasteiger partial charge is 0.480 e. The summed E-state index contributed by atoms with van der Waals surface area (Å²) in [6, 6.07) is -0.964. The topological polar surface area (TPSA) is 269 Å². The van der Waals surface area contributed by atoms with Crippen LogP contribution in [0.5, 0.6) is 0 Å². The summed E-state index contributed by atoms with van der Waals surface area (Å²) in [6.07, 6.45) is 1.16. The maximum absolute atomic E-state index is 12.3. The lowest BCUT2D eigenvalue weighted by molar-refractivity contribution is -0.138. The van der Waals surface area contributed by atoms with Gasteiger partial charge in [0.1, 0.15) is 12.6 Å². The van der Waals surface area contributed by atoms with E-state index in [0.29, 0.717) is 25.7 Å². The van der Waals surface area contributed by atoms with Crippen LogP contribution in [0.2, 0.25) is 0 Å². The van der Waals surface area contributed by atoms with Gasteiger partial charge in [-0.3, -0.25) is 33.1 Å². The summed E-state index contributed by atoms with van der Waals surface area (Å²) in [5, 5.41) is 15.3. The van der Waals surface area contributed by atoms with Gasteiger partial charge in [-0.15, -0.1) is 0 Å². The quantitative estimate of drug-likeness (QED) is 0.0474. The molecule has 0 radical (unpaired) electrons. The third kappa shape index (κ3) is 15.9. The number of aliphatic carboxylic acids is 1. The smallest absolute Gasteiger partial charge is 0.341 e. The van der Waals surface area contributed by atoms with Gasteiger partial charge in [0.2, 0.25) is 23.6 Å². The van der Waals surface area contributed by atoms with Crippen LogP contribution in [-0.2, 0) is 33.1 Å². The van der Waals surface area contributed by atoms with Crippen molar-refractivity contribution in [1.29, 1.82) is 0 Å². The van der Waals surface area contributed by atoms with Crippen molar-refractivity contribution < 1.29 is 57.8 Å². The van der Waals surface area contributed by atoms with Crippen LogP contribution in [0, 0.1) is 0 Å². The highest BCUT2D eigenvalue weighted by Crippen LogP contribution is 2.61. The first-order chi connectivity index (χ1) is 16.6. The van der Waals surface area contributed by atoms with Gasteiger partial charge >= 0.3 is 21.2 Å². The minimum Gasteiger partial charge on any atom is -0.480 e. The second-order valence-electron chi connectivity index (χ2n) is 7.58. The second-order valence-corrected chi connectivity index (χ2v) is 11.9. The molecule has 208 valence electrons. The molecule has 0 fully saturated rings. The van der Waals surface area contributed by atoms with Gasteiger partial charge in [-0.1, -0.05) is 19.3 Å². The summed E-state index contributed by atoms with van der Waals surface area (Å²) in [6.45, 7) is -1.01. The van der Waals surface area contributed by atoms with Crippen molar-refractivity contribution >= 4 is 57.4 Å². The summed E-state index contributed by atoms with van der Waals surface area (Å²) in [4.78, 5) is 93.8. The Kier molecular flexibility index (Phi) is 15.8. The Bertz CT molecular complexity index is 856. The Labute approximate surface area is 212 Å². The number of rotatable bonds is 18. The molecule has 0 saturated heterocycles. The van der Waals surface area contributed by atoms with Crippen molar-refractivity contribution in [2.45, 2.75) is 50.0 Å². The number of carboxylic acid groups (broad SMARTS) is 1. The van der Waals surface area contributed by atoms with E-state index in [2.05, 4.69) is 33.9 Å². The predicted molar refractivity (Wildman–Crippen MR) is 128 cm³/mol. The summed E-state index contributed by atoms with van der Waals surface area (Å²) >= 11 is 3.82. The fourth-order valence-electron chi connectivity index (χ4n) is 2.76. The molecule has 4 amide bonds. The predicted octanol–water partition coefficient (Wildman–Crippen LogP) is -2.14. The summed E-state index contributed by atoms with van der Waals surface area (Å²) in [7, 11) is -10.4. The molecular weight excluding hydrogens is 546 g/mol. The van der Waals surface area contributed by atoms with Gasteiger partial charge in [-0.2, -0.15) is 12.6 Å². The van der Waals surface area contributed by atoms with Crippen LogP contribution in [0.1, 0.15) is 38.5 Å². The molecular formula is C17H32N4O12P2S. The molecule has 16 nitrogen and oxygen atoms in total. The number of carbonyl (C=O) groups is 5. The molecule has 0 aromatic carbocycles. The maximum Gasteiger partial charge on any atom is 0.341 e. The first-order valence-electron chi connectivity index (χ1n) is 10.6. The molecule has 19 heteroatoms. The molecule has 0 aliphatic rings. The summed E-state index contributed by atoms with van der Waals surface area (Å²) in [5.74, 6) is -4.23. The summed E-state index contributed by atoms with van der Waals surface area (Å²) < 4.78 is 22.4. The number of nitrogens with one attached hydrogen (secondary N) is 4. The van der Waals surface area contributed by atoms with Gasteiger partial charge < -0.3 is 45.9 Å². The average Bonchev–Trinajstić information content (AvgIpc) is 2.76. The molecule has 0 spiro atoms. The third-order valence-corrected chi connectivity index (χ3v) is 8.55. The van der Waals surface area contributed by atoms with Crippen LogP contribution in [0.3, 0.4) is 0 Å². The zero-order valence-electron chi connectivity index (χ0n) is 19.2. The van der Waals surface area contributed by atoms with Crippen molar-refractivity contribution in [3.05, 3.63) is 0 Å². The lowest BCUT2D eigenvalue weighted by Gasteiger charge is -2.19. The van der Waals surface area contributed by atoms with Gasteiger partial charge in [-0.25, -0.2) is 0 Å². The average molecular weight is 578 g/mol. The number of unbranched alkanes of at least 4 members (excludes halogenated alkanes) is 3. The first-order valence-corrected chi connectivity index (χ1v) is 14.6. The number of thiol groups is 1. The van der Waals surface area contributed by atoms with E-state index in [1.54, 1.807) is 0 Å². The van der Waals surface area contributed by atoms with Gasteiger partial charge in [0.05, 0.1) is 18.7 Å². The van der Waals surface area contributed by atoms with Crippen LogP contribution < -0.4 is 21.3 Å². The van der Waals surface area contributed by atoms with Crippen molar-refractivity contribution in [3.8, 4) is 0 Å². The minimum absolute atomic E-state index is 0.0830. The molecule has 0 rings (SSSR count). The molecule has 0 heterocycles. The zero-order chi connectivity index (χ0) is 27.9. The SMILES string of the molecule is O=C(O)CNC(=O)CNC(=O)C(CCCCCCNC(=O)CC(P(=O)(O)O)P(=O)(O)O)NC(=O)CS.